The summed E-state index contributed by atoms with van der Waals surface area (Å²) in [5, 5.41) is 2.90. The largest absolute Gasteiger partial charge is 0.311 e. The first-order chi connectivity index (χ1) is 34.8. The first-order valence-corrected chi connectivity index (χ1v) is 33.1. The number of rotatable bonds is 4. The van der Waals surface area contributed by atoms with Crippen LogP contribution in [0.2, 0.25) is 19.6 Å². The fraction of sp³-hybridized carbons (Fsp3) is 0.457. The second-order valence-electron chi connectivity index (χ2n) is 30.3. The van der Waals surface area contributed by atoms with Crippen molar-refractivity contribution in [1.82, 2.24) is 0 Å². The monoisotopic (exact) mass is 1020 g/mol. The predicted octanol–water partition coefficient (Wildman–Crippen LogP) is 17.8. The van der Waals surface area contributed by atoms with E-state index in [-0.39, 0.29) is 44.6 Å². The van der Waals surface area contributed by atoms with Crippen molar-refractivity contribution in [3.05, 3.63) is 142 Å². The maximum absolute atomic E-state index is 2.78. The molecular formula is C70H85BN2SSi. The highest BCUT2D eigenvalue weighted by atomic mass is 32.1. The van der Waals surface area contributed by atoms with Crippen LogP contribution in [0.1, 0.15) is 187 Å². The maximum Gasteiger partial charge on any atom is 0.264 e. The third-order valence-corrected chi connectivity index (χ3v) is 23.3. The number of anilines is 6. The fourth-order valence-corrected chi connectivity index (χ4v) is 17.1. The molecule has 0 amide bonds. The van der Waals surface area contributed by atoms with E-state index in [1.54, 1.807) is 0 Å². The quantitative estimate of drug-likeness (QED) is 0.162. The summed E-state index contributed by atoms with van der Waals surface area (Å²) in [5.74, 6) is 0. The minimum absolute atomic E-state index is 0.0247. The van der Waals surface area contributed by atoms with Crippen LogP contribution < -0.4 is 30.7 Å². The van der Waals surface area contributed by atoms with Crippen LogP contribution in [0.4, 0.5) is 34.1 Å². The number of thiophene rings is 1. The Morgan fingerprint density at radius 3 is 1.56 bits per heavy atom. The average Bonchev–Trinajstić information content (AvgIpc) is 3.77. The Kier molecular flexibility index (Phi) is 11.0. The van der Waals surface area contributed by atoms with Crippen molar-refractivity contribution in [1.29, 1.82) is 0 Å². The number of hydrogen-bond donors (Lipinski definition) is 0. The van der Waals surface area contributed by atoms with Gasteiger partial charge in [0.15, 0.2) is 0 Å². The lowest BCUT2D eigenvalue weighted by Gasteiger charge is -2.47. The average molecular weight is 1030 g/mol. The summed E-state index contributed by atoms with van der Waals surface area (Å²) < 4.78 is 2.89. The van der Waals surface area contributed by atoms with E-state index in [9.17, 15) is 0 Å². The molecule has 2 aliphatic heterocycles. The molecular weight excluding hydrogens is 940 g/mol. The first kappa shape index (κ1) is 50.9. The molecule has 388 valence electrons. The Labute approximate surface area is 457 Å². The van der Waals surface area contributed by atoms with E-state index >= 15 is 0 Å². The topological polar surface area (TPSA) is 6.48 Å². The van der Waals surface area contributed by atoms with Gasteiger partial charge in [-0.3, -0.25) is 0 Å². The lowest BCUT2D eigenvalue weighted by molar-refractivity contribution is 0.332. The molecule has 0 unspecified atom stereocenters. The Bertz CT molecular complexity index is 3550. The van der Waals surface area contributed by atoms with E-state index in [4.69, 9.17) is 0 Å². The first-order valence-electron chi connectivity index (χ1n) is 28.7. The van der Waals surface area contributed by atoms with Gasteiger partial charge in [-0.1, -0.05) is 171 Å². The summed E-state index contributed by atoms with van der Waals surface area (Å²) >= 11 is 2.09. The van der Waals surface area contributed by atoms with Gasteiger partial charge in [0.05, 0.1) is 19.4 Å². The highest BCUT2D eigenvalue weighted by Crippen LogP contribution is 2.56. The lowest BCUT2D eigenvalue weighted by Crippen LogP contribution is -2.61. The van der Waals surface area contributed by atoms with E-state index in [0.717, 1.165) is 0 Å². The minimum Gasteiger partial charge on any atom is -0.311 e. The molecule has 0 saturated heterocycles. The molecule has 75 heavy (non-hydrogen) atoms. The number of hydrogen-bond acceptors (Lipinski definition) is 3. The molecule has 6 aromatic carbocycles. The van der Waals surface area contributed by atoms with Crippen LogP contribution >= 0.6 is 11.3 Å². The summed E-state index contributed by atoms with van der Waals surface area (Å²) in [6.45, 7) is 46.9. The van der Waals surface area contributed by atoms with Crippen molar-refractivity contribution in [3.8, 4) is 11.1 Å². The molecule has 7 aromatic rings. The smallest absolute Gasteiger partial charge is 0.264 e. The summed E-state index contributed by atoms with van der Waals surface area (Å²) in [6.07, 6.45) is 7.14. The van der Waals surface area contributed by atoms with Gasteiger partial charge in [0.25, 0.3) is 6.71 Å². The predicted molar refractivity (Wildman–Crippen MR) is 334 cm³/mol. The molecule has 1 aromatic heterocycles. The van der Waals surface area contributed by atoms with Gasteiger partial charge in [0, 0.05) is 43.2 Å². The molecule has 0 radical (unpaired) electrons. The molecule has 0 saturated carbocycles. The fourth-order valence-electron chi connectivity index (χ4n) is 14.6. The van der Waals surface area contributed by atoms with Crippen molar-refractivity contribution < 1.29 is 0 Å². The standard InChI is InChI=1S/C70H85BN2SSi/c1-42-34-58-61-59(35-42)73(56-27-22-44(64(2,3)4)36-47(56)43-20-24-46(25-21-43)75(17,18)19)62-48-38-51-54(70(15,16)33-30-67(51,9)10)41-60(48)74-63(62)71(61)55-39-52-53(69(13,14)32-31-68(52,11)12)40-57(55)72(58)45-23-26-49-50(37-45)66(7,8)29-28-65(49,5)6/h20-27,34-41H,28-33H2,1-19H3. The van der Waals surface area contributed by atoms with Gasteiger partial charge in [-0.15, -0.1) is 11.3 Å². The summed E-state index contributed by atoms with van der Waals surface area (Å²) in [4.78, 5) is 5.53. The van der Waals surface area contributed by atoms with Crippen molar-refractivity contribution in [2.45, 2.75) is 207 Å². The Hall–Kier alpha value is -4.84. The van der Waals surface area contributed by atoms with E-state index in [0.29, 0.717) is 0 Å². The highest BCUT2D eigenvalue weighted by molar-refractivity contribution is 7.33. The molecule has 5 heteroatoms. The highest BCUT2D eigenvalue weighted by Gasteiger charge is 2.49. The summed E-state index contributed by atoms with van der Waals surface area (Å²) in [7, 11) is -1.54. The van der Waals surface area contributed by atoms with Crippen molar-refractivity contribution >= 4 is 91.2 Å². The van der Waals surface area contributed by atoms with Gasteiger partial charge in [0.2, 0.25) is 0 Å². The van der Waals surface area contributed by atoms with Crippen LogP contribution in [0.3, 0.4) is 0 Å². The molecule has 3 heterocycles. The molecule has 0 spiro atoms. The maximum atomic E-state index is 2.78. The van der Waals surface area contributed by atoms with E-state index in [2.05, 4.69) is 249 Å². The van der Waals surface area contributed by atoms with Crippen molar-refractivity contribution in [2.75, 3.05) is 9.80 Å². The number of aryl methyl sites for hydroxylation is 1. The normalized spacial score (nSPS) is 20.2. The third kappa shape index (κ3) is 7.79. The Balaban J connectivity index is 1.23. The van der Waals surface area contributed by atoms with Gasteiger partial charge in [0.1, 0.15) is 0 Å². The van der Waals surface area contributed by atoms with Gasteiger partial charge in [-0.25, -0.2) is 0 Å². The molecule has 3 aliphatic carbocycles. The number of nitrogens with zero attached hydrogens (tertiary/aromatic N) is 2. The van der Waals surface area contributed by atoms with Gasteiger partial charge >= 0.3 is 0 Å². The lowest BCUT2D eigenvalue weighted by atomic mass is 9.35. The van der Waals surface area contributed by atoms with Crippen LogP contribution in [0.25, 0.3) is 21.2 Å². The van der Waals surface area contributed by atoms with Crippen LogP contribution in [-0.4, -0.2) is 14.8 Å². The molecule has 0 fully saturated rings. The second-order valence-corrected chi connectivity index (χ2v) is 36.5. The molecule has 2 nitrogen and oxygen atoms in total. The number of fused-ring (bicyclic) bond motifs is 9. The zero-order valence-electron chi connectivity index (χ0n) is 49.4. The van der Waals surface area contributed by atoms with Crippen LogP contribution in [-0.2, 0) is 37.9 Å². The van der Waals surface area contributed by atoms with Crippen LogP contribution in [0.15, 0.2) is 97.1 Å². The Morgan fingerprint density at radius 2 is 1.00 bits per heavy atom. The van der Waals surface area contributed by atoms with E-state index in [1.807, 2.05) is 0 Å². The summed E-state index contributed by atoms with van der Waals surface area (Å²) in [5.41, 5.74) is 25.6. The van der Waals surface area contributed by atoms with Crippen molar-refractivity contribution in [3.63, 3.8) is 0 Å². The molecule has 0 bridgehead atoms. The summed E-state index contributed by atoms with van der Waals surface area (Å²) in [6, 6.07) is 40.8. The third-order valence-electron chi connectivity index (χ3n) is 20.0. The molecule has 0 atom stereocenters. The SMILES string of the molecule is Cc1cc2c3c(c1)N(c1ccc(C(C)(C)C)cc1-c1ccc([Si](C)(C)C)cc1)c1c(sc4cc5c(cc14)C(C)(C)CCC5(C)C)B3c1cc3c(cc1N2c1ccc2c(c1)C(C)(C)CCC2(C)C)C(C)(C)CCC3(C)C. The number of benzene rings is 6. The van der Waals surface area contributed by atoms with E-state index in [1.165, 1.54) is 159 Å². The molecule has 0 N–H and O–H groups in total. The van der Waals surface area contributed by atoms with Crippen LogP contribution in [0, 0.1) is 6.92 Å². The van der Waals surface area contributed by atoms with Gasteiger partial charge in [-0.05, 0) is 199 Å². The Morgan fingerprint density at radius 1 is 0.493 bits per heavy atom. The van der Waals surface area contributed by atoms with E-state index < -0.39 is 8.07 Å². The van der Waals surface area contributed by atoms with Gasteiger partial charge in [-0.2, -0.15) is 0 Å². The van der Waals surface area contributed by atoms with Crippen LogP contribution in [0.5, 0.6) is 0 Å². The minimum atomic E-state index is -1.54. The molecule has 12 rings (SSSR count). The second kappa shape index (κ2) is 16.1. The van der Waals surface area contributed by atoms with Crippen molar-refractivity contribution in [2.24, 2.45) is 0 Å². The zero-order valence-corrected chi connectivity index (χ0v) is 51.2. The zero-order chi connectivity index (χ0) is 53.7. The molecule has 5 aliphatic rings. The van der Waals surface area contributed by atoms with Gasteiger partial charge < -0.3 is 9.80 Å².